The number of esters is 1. The van der Waals surface area contributed by atoms with Crippen LogP contribution >= 0.6 is 0 Å². The first-order chi connectivity index (χ1) is 15.7. The molecular weight excluding hydrogens is 423 g/mol. The number of aliphatic imine (C=N–C) groups is 1. The Kier molecular flexibility index (Phi) is 7.33. The summed E-state index contributed by atoms with van der Waals surface area (Å²) in [5, 5.41) is 11.5. The van der Waals surface area contributed by atoms with Crippen LogP contribution in [0.5, 0.6) is 0 Å². The molecule has 3 rings (SSSR count). The minimum atomic E-state index is -1.20. The van der Waals surface area contributed by atoms with Crippen LogP contribution in [0.25, 0.3) is 0 Å². The fraction of sp³-hybridized carbons (Fsp3) is 0.231. The molecule has 33 heavy (non-hydrogen) atoms. The van der Waals surface area contributed by atoms with Gasteiger partial charge in [0, 0.05) is 23.6 Å². The second-order valence-corrected chi connectivity index (χ2v) is 8.46. The fourth-order valence-corrected chi connectivity index (χ4v) is 3.33. The van der Waals surface area contributed by atoms with E-state index in [1.807, 2.05) is 60.7 Å². The molecule has 1 atom stereocenters. The van der Waals surface area contributed by atoms with Gasteiger partial charge in [-0.1, -0.05) is 66.7 Å². The van der Waals surface area contributed by atoms with Gasteiger partial charge in [0.05, 0.1) is 16.2 Å². The lowest BCUT2D eigenvalue weighted by Gasteiger charge is -2.23. The van der Waals surface area contributed by atoms with E-state index in [4.69, 9.17) is 9.73 Å². The van der Waals surface area contributed by atoms with Crippen molar-refractivity contribution in [1.29, 1.82) is 0 Å². The third-order valence-electron chi connectivity index (χ3n) is 4.75. The van der Waals surface area contributed by atoms with E-state index in [2.05, 4.69) is 0 Å². The van der Waals surface area contributed by atoms with Crippen LogP contribution in [-0.2, 0) is 16.0 Å². The molecule has 0 saturated carbocycles. The summed E-state index contributed by atoms with van der Waals surface area (Å²) in [5.41, 5.74) is 0.597. The van der Waals surface area contributed by atoms with E-state index in [9.17, 15) is 19.3 Å². The van der Waals surface area contributed by atoms with E-state index >= 15 is 0 Å². The number of carbonyl (C=O) groups is 1. The first-order valence-corrected chi connectivity index (χ1v) is 10.5. The van der Waals surface area contributed by atoms with Crippen molar-refractivity contribution in [2.75, 3.05) is 0 Å². The average Bonchev–Trinajstić information content (AvgIpc) is 2.77. The van der Waals surface area contributed by atoms with Crippen LogP contribution in [0.1, 0.15) is 37.5 Å². The largest absolute Gasteiger partial charge is 0.458 e. The SMILES string of the molecule is CC(C)(C)OC(=O)[C@H](Cc1c(F)cccc1[N+](=O)[O-])N=C(c1ccccc1)c1ccccc1. The van der Waals surface area contributed by atoms with Gasteiger partial charge in [-0.05, 0) is 26.8 Å². The Morgan fingerprint density at radius 1 is 0.970 bits per heavy atom. The van der Waals surface area contributed by atoms with Crippen molar-refractivity contribution in [3.05, 3.63) is 111 Å². The van der Waals surface area contributed by atoms with Crippen molar-refractivity contribution in [2.24, 2.45) is 4.99 Å². The van der Waals surface area contributed by atoms with Gasteiger partial charge in [0.1, 0.15) is 11.4 Å². The molecule has 0 bridgehead atoms. The van der Waals surface area contributed by atoms with E-state index < -0.39 is 34.0 Å². The number of carbonyl (C=O) groups excluding carboxylic acids is 1. The number of ether oxygens (including phenoxy) is 1. The van der Waals surface area contributed by atoms with Gasteiger partial charge in [-0.2, -0.15) is 0 Å². The molecule has 3 aromatic rings. The summed E-state index contributed by atoms with van der Waals surface area (Å²) in [5.74, 6) is -1.46. The van der Waals surface area contributed by atoms with E-state index in [-0.39, 0.29) is 12.0 Å². The van der Waals surface area contributed by atoms with Crippen molar-refractivity contribution in [2.45, 2.75) is 38.8 Å². The monoisotopic (exact) mass is 448 g/mol. The van der Waals surface area contributed by atoms with Gasteiger partial charge in [0.15, 0.2) is 6.04 Å². The number of hydrogen-bond acceptors (Lipinski definition) is 5. The van der Waals surface area contributed by atoms with Crippen LogP contribution in [0, 0.1) is 15.9 Å². The van der Waals surface area contributed by atoms with Crippen LogP contribution in [-0.4, -0.2) is 28.2 Å². The maximum absolute atomic E-state index is 14.7. The van der Waals surface area contributed by atoms with Gasteiger partial charge >= 0.3 is 5.97 Å². The summed E-state index contributed by atoms with van der Waals surface area (Å²) in [6, 6.07) is 20.9. The van der Waals surface area contributed by atoms with Gasteiger partial charge in [0.2, 0.25) is 0 Å². The number of nitrogens with zero attached hydrogens (tertiary/aromatic N) is 2. The Bertz CT molecular complexity index is 1110. The zero-order chi connectivity index (χ0) is 24.0. The Labute approximate surface area is 191 Å². The topological polar surface area (TPSA) is 81.8 Å². The number of rotatable bonds is 7. The molecule has 0 radical (unpaired) electrons. The summed E-state index contributed by atoms with van der Waals surface area (Å²) in [6.45, 7) is 5.14. The van der Waals surface area contributed by atoms with Crippen molar-refractivity contribution < 1.29 is 18.8 Å². The summed E-state index contributed by atoms with van der Waals surface area (Å²) < 4.78 is 20.2. The van der Waals surface area contributed by atoms with Crippen LogP contribution in [0.4, 0.5) is 10.1 Å². The summed E-state index contributed by atoms with van der Waals surface area (Å²) in [6.07, 6.45) is -0.318. The highest BCUT2D eigenvalue weighted by Gasteiger charge is 2.30. The molecule has 0 heterocycles. The highest BCUT2D eigenvalue weighted by atomic mass is 19.1. The maximum Gasteiger partial charge on any atom is 0.331 e. The first kappa shape index (κ1) is 23.8. The molecule has 3 aromatic carbocycles. The maximum atomic E-state index is 14.7. The molecular formula is C26H25FN2O4. The molecule has 0 aliphatic heterocycles. The summed E-state index contributed by atoms with van der Waals surface area (Å²) in [4.78, 5) is 28.7. The zero-order valence-corrected chi connectivity index (χ0v) is 18.7. The highest BCUT2D eigenvalue weighted by molar-refractivity contribution is 6.13. The van der Waals surface area contributed by atoms with E-state index in [1.54, 1.807) is 20.8 Å². The van der Waals surface area contributed by atoms with E-state index in [0.29, 0.717) is 5.71 Å². The van der Waals surface area contributed by atoms with Crippen molar-refractivity contribution in [3.8, 4) is 0 Å². The summed E-state index contributed by atoms with van der Waals surface area (Å²) in [7, 11) is 0. The molecule has 0 unspecified atom stereocenters. The van der Waals surface area contributed by atoms with Gasteiger partial charge in [-0.25, -0.2) is 9.18 Å². The van der Waals surface area contributed by atoms with Gasteiger partial charge in [0.25, 0.3) is 5.69 Å². The average molecular weight is 448 g/mol. The van der Waals surface area contributed by atoms with E-state index in [1.165, 1.54) is 12.1 Å². The van der Waals surface area contributed by atoms with Gasteiger partial charge < -0.3 is 4.74 Å². The number of nitro groups is 1. The standard InChI is InChI=1S/C26H25FN2O4/c1-26(2,3)33-25(30)22(17-20-21(27)15-10-16-23(20)29(31)32)28-24(18-11-6-4-7-12-18)19-13-8-5-9-14-19/h4-16,22H,17H2,1-3H3/t22-/m0/s1. The lowest BCUT2D eigenvalue weighted by Crippen LogP contribution is -2.33. The molecule has 0 aliphatic rings. The molecule has 0 amide bonds. The molecule has 0 N–H and O–H groups in total. The van der Waals surface area contributed by atoms with E-state index in [0.717, 1.165) is 17.2 Å². The van der Waals surface area contributed by atoms with Crippen molar-refractivity contribution in [3.63, 3.8) is 0 Å². The normalized spacial score (nSPS) is 12.0. The van der Waals surface area contributed by atoms with Crippen LogP contribution in [0.15, 0.2) is 83.9 Å². The lowest BCUT2D eigenvalue weighted by molar-refractivity contribution is -0.385. The van der Waals surface area contributed by atoms with Crippen LogP contribution in [0.3, 0.4) is 0 Å². The fourth-order valence-electron chi connectivity index (χ4n) is 3.33. The molecule has 0 aromatic heterocycles. The molecule has 0 spiro atoms. The smallest absolute Gasteiger partial charge is 0.331 e. The molecule has 0 saturated heterocycles. The van der Waals surface area contributed by atoms with Gasteiger partial charge in [-0.15, -0.1) is 0 Å². The molecule has 6 nitrogen and oxygen atoms in total. The Balaban J connectivity index is 2.15. The Morgan fingerprint density at radius 3 is 2.00 bits per heavy atom. The molecule has 170 valence electrons. The minimum Gasteiger partial charge on any atom is -0.458 e. The zero-order valence-electron chi connectivity index (χ0n) is 18.7. The predicted molar refractivity (Wildman–Crippen MR) is 125 cm³/mol. The van der Waals surface area contributed by atoms with Crippen LogP contribution in [0.2, 0.25) is 0 Å². The molecule has 7 heteroatoms. The third-order valence-corrected chi connectivity index (χ3v) is 4.75. The molecule has 0 fully saturated rings. The number of benzene rings is 3. The van der Waals surface area contributed by atoms with Crippen LogP contribution < -0.4 is 0 Å². The number of halogens is 1. The second kappa shape index (κ2) is 10.2. The van der Waals surface area contributed by atoms with Crippen molar-refractivity contribution in [1.82, 2.24) is 0 Å². The Hall–Kier alpha value is -3.87. The predicted octanol–water partition coefficient (Wildman–Crippen LogP) is 5.52. The molecule has 0 aliphatic carbocycles. The van der Waals surface area contributed by atoms with Crippen molar-refractivity contribution >= 4 is 17.4 Å². The Morgan fingerprint density at radius 2 is 1.52 bits per heavy atom. The highest BCUT2D eigenvalue weighted by Crippen LogP contribution is 2.25. The summed E-state index contributed by atoms with van der Waals surface area (Å²) >= 11 is 0. The third kappa shape index (κ3) is 6.32. The quantitative estimate of drug-likeness (QED) is 0.206. The second-order valence-electron chi connectivity index (χ2n) is 8.46. The number of hydrogen-bond donors (Lipinski definition) is 0. The minimum absolute atomic E-state index is 0.192. The van der Waals surface area contributed by atoms with Gasteiger partial charge in [-0.3, -0.25) is 15.1 Å². The lowest BCUT2D eigenvalue weighted by atomic mass is 9.99. The first-order valence-electron chi connectivity index (χ1n) is 10.5. The number of nitro benzene ring substituents is 1.